The van der Waals surface area contributed by atoms with Crippen LogP contribution in [0.4, 0.5) is 5.00 Å². The van der Waals surface area contributed by atoms with Gasteiger partial charge in [0.2, 0.25) is 0 Å². The maximum absolute atomic E-state index is 11.4. The molecule has 0 atom stereocenters. The van der Waals surface area contributed by atoms with Gasteiger partial charge in [0.05, 0.1) is 19.1 Å². The van der Waals surface area contributed by atoms with Crippen molar-refractivity contribution < 1.29 is 19.4 Å². The third kappa shape index (κ3) is 3.23. The van der Waals surface area contributed by atoms with Gasteiger partial charge in [0.15, 0.2) is 0 Å². The molecule has 88 valence electrons. The van der Waals surface area contributed by atoms with Crippen molar-refractivity contribution in [2.24, 2.45) is 0 Å². The minimum absolute atomic E-state index is 0.0115. The Morgan fingerprint density at radius 1 is 1.56 bits per heavy atom. The molecule has 0 aromatic carbocycles. The number of methoxy groups -OCH3 is 1. The maximum atomic E-state index is 11.4. The first-order valence-electron chi connectivity index (χ1n) is 4.69. The number of carboxylic acids is 1. The monoisotopic (exact) mass is 243 g/mol. The number of aliphatic carboxylic acids is 1. The van der Waals surface area contributed by atoms with Gasteiger partial charge in [-0.2, -0.15) is 0 Å². The van der Waals surface area contributed by atoms with Crippen LogP contribution in [0.25, 0.3) is 0 Å². The van der Waals surface area contributed by atoms with E-state index in [1.165, 1.54) is 18.4 Å². The first-order chi connectivity index (χ1) is 7.54. The van der Waals surface area contributed by atoms with Crippen LogP contribution in [-0.2, 0) is 9.53 Å². The Hall–Kier alpha value is -1.56. The third-order valence-corrected chi connectivity index (χ3v) is 2.89. The van der Waals surface area contributed by atoms with Gasteiger partial charge < -0.3 is 15.2 Å². The van der Waals surface area contributed by atoms with E-state index in [0.717, 1.165) is 4.88 Å². The van der Waals surface area contributed by atoms with Crippen molar-refractivity contribution in [2.75, 3.05) is 19.0 Å². The van der Waals surface area contributed by atoms with E-state index in [1.54, 1.807) is 6.07 Å². The lowest BCUT2D eigenvalue weighted by molar-refractivity contribution is -0.136. The number of esters is 1. The quantitative estimate of drug-likeness (QED) is 0.770. The van der Waals surface area contributed by atoms with Crippen molar-refractivity contribution in [2.45, 2.75) is 13.3 Å². The molecule has 6 heteroatoms. The van der Waals surface area contributed by atoms with E-state index in [1.807, 2.05) is 6.92 Å². The third-order valence-electron chi connectivity index (χ3n) is 1.89. The van der Waals surface area contributed by atoms with E-state index in [0.29, 0.717) is 17.1 Å². The van der Waals surface area contributed by atoms with Gasteiger partial charge >= 0.3 is 11.9 Å². The van der Waals surface area contributed by atoms with Crippen molar-refractivity contribution in [3.63, 3.8) is 0 Å². The summed E-state index contributed by atoms with van der Waals surface area (Å²) in [5, 5.41) is 12.1. The Morgan fingerprint density at radius 2 is 2.25 bits per heavy atom. The first-order valence-corrected chi connectivity index (χ1v) is 5.50. The molecule has 2 N–H and O–H groups in total. The Kier molecular flexibility index (Phi) is 4.30. The second-order valence-electron chi connectivity index (χ2n) is 3.16. The molecule has 0 amide bonds. The Balaban J connectivity index is 2.71. The van der Waals surface area contributed by atoms with Crippen LogP contribution in [0.5, 0.6) is 0 Å². The summed E-state index contributed by atoms with van der Waals surface area (Å²) < 4.78 is 4.63. The average molecular weight is 243 g/mol. The molecule has 0 aliphatic rings. The van der Waals surface area contributed by atoms with Crippen LogP contribution in [0.15, 0.2) is 6.07 Å². The molecular weight excluding hydrogens is 230 g/mol. The molecule has 0 aliphatic carbocycles. The van der Waals surface area contributed by atoms with Gasteiger partial charge in [-0.25, -0.2) is 4.79 Å². The molecule has 0 aliphatic heterocycles. The van der Waals surface area contributed by atoms with Crippen molar-refractivity contribution in [3.05, 3.63) is 16.5 Å². The van der Waals surface area contributed by atoms with Crippen molar-refractivity contribution in [3.8, 4) is 0 Å². The fourth-order valence-electron chi connectivity index (χ4n) is 1.19. The maximum Gasteiger partial charge on any atom is 0.340 e. The molecule has 16 heavy (non-hydrogen) atoms. The molecule has 0 unspecified atom stereocenters. The largest absolute Gasteiger partial charge is 0.481 e. The van der Waals surface area contributed by atoms with E-state index >= 15 is 0 Å². The highest BCUT2D eigenvalue weighted by atomic mass is 32.1. The summed E-state index contributed by atoms with van der Waals surface area (Å²) >= 11 is 1.40. The van der Waals surface area contributed by atoms with E-state index in [4.69, 9.17) is 5.11 Å². The summed E-state index contributed by atoms with van der Waals surface area (Å²) in [6.45, 7) is 2.17. The van der Waals surface area contributed by atoms with Crippen LogP contribution in [0.2, 0.25) is 0 Å². The molecule has 0 bridgehead atoms. The molecule has 0 spiro atoms. The Labute approximate surface area is 97.0 Å². The summed E-state index contributed by atoms with van der Waals surface area (Å²) in [7, 11) is 1.32. The van der Waals surface area contributed by atoms with E-state index in [2.05, 4.69) is 10.1 Å². The Bertz CT molecular complexity index is 400. The van der Waals surface area contributed by atoms with Gasteiger partial charge in [0.1, 0.15) is 5.00 Å². The van der Waals surface area contributed by atoms with Gasteiger partial charge in [-0.3, -0.25) is 4.79 Å². The number of aryl methyl sites for hydroxylation is 1. The normalized spacial score (nSPS) is 9.88. The lowest BCUT2D eigenvalue weighted by Gasteiger charge is -2.04. The number of carbonyl (C=O) groups excluding carboxylic acids is 1. The highest BCUT2D eigenvalue weighted by molar-refractivity contribution is 7.16. The highest BCUT2D eigenvalue weighted by Crippen LogP contribution is 2.27. The fourth-order valence-corrected chi connectivity index (χ4v) is 2.12. The molecular formula is C10H13NO4S. The summed E-state index contributed by atoms with van der Waals surface area (Å²) in [4.78, 5) is 22.7. The SMILES string of the molecule is COC(=O)c1cc(C)sc1NCCC(=O)O. The van der Waals surface area contributed by atoms with Crippen LogP contribution in [0.3, 0.4) is 0 Å². The zero-order valence-electron chi connectivity index (χ0n) is 9.07. The summed E-state index contributed by atoms with van der Waals surface area (Å²) in [6, 6.07) is 1.72. The van der Waals surface area contributed by atoms with Gasteiger partial charge in [-0.15, -0.1) is 11.3 Å². The van der Waals surface area contributed by atoms with E-state index in [-0.39, 0.29) is 6.42 Å². The van der Waals surface area contributed by atoms with Crippen molar-refractivity contribution >= 4 is 28.3 Å². The number of rotatable bonds is 5. The van der Waals surface area contributed by atoms with E-state index in [9.17, 15) is 9.59 Å². The lowest BCUT2D eigenvalue weighted by atomic mass is 10.3. The molecule has 1 aromatic heterocycles. The number of ether oxygens (including phenoxy) is 1. The number of carbonyl (C=O) groups is 2. The topological polar surface area (TPSA) is 75.6 Å². The minimum atomic E-state index is -0.875. The molecule has 0 radical (unpaired) electrons. The van der Waals surface area contributed by atoms with Crippen LogP contribution >= 0.6 is 11.3 Å². The molecule has 5 nitrogen and oxygen atoms in total. The second-order valence-corrected chi connectivity index (χ2v) is 4.42. The zero-order chi connectivity index (χ0) is 12.1. The van der Waals surface area contributed by atoms with Gasteiger partial charge in [-0.1, -0.05) is 0 Å². The molecule has 1 heterocycles. The van der Waals surface area contributed by atoms with E-state index < -0.39 is 11.9 Å². The number of anilines is 1. The molecule has 0 saturated carbocycles. The average Bonchev–Trinajstić information content (AvgIpc) is 2.58. The number of nitrogens with one attached hydrogen (secondary N) is 1. The smallest absolute Gasteiger partial charge is 0.340 e. The van der Waals surface area contributed by atoms with Crippen LogP contribution in [-0.4, -0.2) is 30.7 Å². The highest BCUT2D eigenvalue weighted by Gasteiger charge is 2.14. The van der Waals surface area contributed by atoms with Crippen LogP contribution < -0.4 is 5.32 Å². The minimum Gasteiger partial charge on any atom is -0.481 e. The number of hydrogen-bond donors (Lipinski definition) is 2. The first kappa shape index (κ1) is 12.5. The molecule has 1 aromatic rings. The van der Waals surface area contributed by atoms with Crippen molar-refractivity contribution in [1.29, 1.82) is 0 Å². The number of carboxylic acid groups (broad SMARTS) is 1. The van der Waals surface area contributed by atoms with Crippen LogP contribution in [0, 0.1) is 6.92 Å². The second kappa shape index (κ2) is 5.50. The fraction of sp³-hybridized carbons (Fsp3) is 0.400. The van der Waals surface area contributed by atoms with Gasteiger partial charge in [0, 0.05) is 11.4 Å². The zero-order valence-corrected chi connectivity index (χ0v) is 9.89. The Morgan fingerprint density at radius 3 is 2.81 bits per heavy atom. The molecule has 1 rings (SSSR count). The predicted molar refractivity (Wildman–Crippen MR) is 61.1 cm³/mol. The van der Waals surface area contributed by atoms with Crippen LogP contribution in [0.1, 0.15) is 21.7 Å². The predicted octanol–water partition coefficient (Wildman–Crippen LogP) is 1.73. The van der Waals surface area contributed by atoms with Gasteiger partial charge in [-0.05, 0) is 13.0 Å². The van der Waals surface area contributed by atoms with Gasteiger partial charge in [0.25, 0.3) is 0 Å². The number of thiophene rings is 1. The molecule has 0 fully saturated rings. The summed E-state index contributed by atoms with van der Waals surface area (Å²) in [5.74, 6) is -1.29. The van der Waals surface area contributed by atoms with Crippen molar-refractivity contribution in [1.82, 2.24) is 0 Å². The number of hydrogen-bond acceptors (Lipinski definition) is 5. The lowest BCUT2D eigenvalue weighted by Crippen LogP contribution is -2.09. The standard InChI is InChI=1S/C10H13NO4S/c1-6-5-7(10(14)15-2)9(16-6)11-4-3-8(12)13/h5,11H,3-4H2,1-2H3,(H,12,13). The summed E-state index contributed by atoms with van der Waals surface area (Å²) in [5.41, 5.74) is 0.454. The molecule has 0 saturated heterocycles. The summed E-state index contributed by atoms with van der Waals surface area (Å²) in [6.07, 6.45) is 0.0115.